The summed E-state index contributed by atoms with van der Waals surface area (Å²) in [5, 5.41) is 4.06. The molecule has 0 aliphatic heterocycles. The first-order chi connectivity index (χ1) is 9.52. The van der Waals surface area contributed by atoms with Crippen LogP contribution in [0.3, 0.4) is 0 Å². The lowest BCUT2D eigenvalue weighted by Gasteiger charge is -2.22. The van der Waals surface area contributed by atoms with Gasteiger partial charge >= 0.3 is 0 Å². The van der Waals surface area contributed by atoms with Crippen LogP contribution in [0.25, 0.3) is 11.4 Å². The highest BCUT2D eigenvalue weighted by atomic mass is 16.5. The first kappa shape index (κ1) is 14.7. The molecule has 2 N–H and O–H groups in total. The summed E-state index contributed by atoms with van der Waals surface area (Å²) in [6.07, 6.45) is 6.31. The Bertz CT molecular complexity index is 563. The Balaban J connectivity index is 2.05. The summed E-state index contributed by atoms with van der Waals surface area (Å²) < 4.78 is 5.33. The van der Waals surface area contributed by atoms with Crippen LogP contribution in [0.2, 0.25) is 0 Å². The van der Waals surface area contributed by atoms with Crippen LogP contribution in [0.4, 0.5) is 0 Å². The van der Waals surface area contributed by atoms with E-state index in [2.05, 4.69) is 29.0 Å². The molecule has 2 aromatic heterocycles. The third-order valence-electron chi connectivity index (χ3n) is 3.57. The van der Waals surface area contributed by atoms with Crippen molar-refractivity contribution in [1.29, 1.82) is 0 Å². The van der Waals surface area contributed by atoms with Crippen molar-refractivity contribution in [2.45, 2.75) is 40.0 Å². The zero-order valence-corrected chi connectivity index (χ0v) is 12.4. The Hall–Kier alpha value is -1.75. The van der Waals surface area contributed by atoms with E-state index in [1.165, 1.54) is 0 Å². The van der Waals surface area contributed by atoms with Crippen LogP contribution < -0.4 is 5.73 Å². The largest absolute Gasteiger partial charge is 0.339 e. The summed E-state index contributed by atoms with van der Waals surface area (Å²) in [4.78, 5) is 8.54. The molecule has 0 aliphatic rings. The molecule has 20 heavy (non-hydrogen) atoms. The number of aromatic nitrogens is 3. The van der Waals surface area contributed by atoms with E-state index >= 15 is 0 Å². The van der Waals surface area contributed by atoms with Crippen molar-refractivity contribution in [2.75, 3.05) is 6.54 Å². The Labute approximate surface area is 119 Å². The number of nitrogens with zero attached hydrogens (tertiary/aromatic N) is 3. The van der Waals surface area contributed by atoms with Crippen molar-refractivity contribution in [3.05, 3.63) is 29.9 Å². The van der Waals surface area contributed by atoms with Crippen molar-refractivity contribution in [1.82, 2.24) is 15.1 Å². The van der Waals surface area contributed by atoms with Gasteiger partial charge in [-0.1, -0.05) is 19.0 Å². The van der Waals surface area contributed by atoms with Gasteiger partial charge in [-0.05, 0) is 43.4 Å². The molecule has 0 aliphatic carbocycles. The molecule has 2 heterocycles. The molecule has 0 fully saturated rings. The van der Waals surface area contributed by atoms with E-state index < -0.39 is 0 Å². The first-order valence-electron chi connectivity index (χ1n) is 6.95. The summed E-state index contributed by atoms with van der Waals surface area (Å²) in [5.74, 6) is 1.32. The monoisotopic (exact) mass is 274 g/mol. The van der Waals surface area contributed by atoms with Crippen LogP contribution in [0.1, 0.15) is 38.1 Å². The van der Waals surface area contributed by atoms with Gasteiger partial charge in [0.15, 0.2) is 0 Å². The Kier molecular flexibility index (Phi) is 4.49. The smallest absolute Gasteiger partial charge is 0.226 e. The molecule has 0 spiro atoms. The van der Waals surface area contributed by atoms with E-state index in [1.807, 2.05) is 13.0 Å². The van der Waals surface area contributed by atoms with Crippen molar-refractivity contribution in [2.24, 2.45) is 11.1 Å². The second-order valence-electron chi connectivity index (χ2n) is 5.91. The SMILES string of the molecule is Cc1cnccc1-c1noc(CCC(C)(C)CCN)n1. The number of rotatable bonds is 6. The number of hydrogen-bond donors (Lipinski definition) is 1. The lowest BCUT2D eigenvalue weighted by molar-refractivity contribution is 0.289. The fourth-order valence-electron chi connectivity index (χ4n) is 2.15. The molecule has 0 aromatic carbocycles. The Morgan fingerprint density at radius 3 is 2.80 bits per heavy atom. The maximum absolute atomic E-state index is 5.62. The molecule has 0 bridgehead atoms. The lowest BCUT2D eigenvalue weighted by atomic mass is 9.84. The minimum absolute atomic E-state index is 0.204. The van der Waals surface area contributed by atoms with Gasteiger partial charge in [0.2, 0.25) is 11.7 Å². The Morgan fingerprint density at radius 2 is 2.10 bits per heavy atom. The second kappa shape index (κ2) is 6.13. The van der Waals surface area contributed by atoms with Crippen LogP contribution in [0.5, 0.6) is 0 Å². The van der Waals surface area contributed by atoms with E-state index in [1.54, 1.807) is 12.4 Å². The summed E-state index contributed by atoms with van der Waals surface area (Å²) >= 11 is 0. The molecule has 2 aromatic rings. The van der Waals surface area contributed by atoms with Gasteiger partial charge in [0.05, 0.1) is 0 Å². The zero-order valence-electron chi connectivity index (χ0n) is 12.4. The lowest BCUT2D eigenvalue weighted by Crippen LogP contribution is -2.17. The van der Waals surface area contributed by atoms with Crippen LogP contribution in [-0.2, 0) is 6.42 Å². The van der Waals surface area contributed by atoms with Crippen LogP contribution in [-0.4, -0.2) is 21.7 Å². The van der Waals surface area contributed by atoms with E-state index in [4.69, 9.17) is 10.3 Å². The molecule has 2 rings (SSSR count). The van der Waals surface area contributed by atoms with Crippen molar-refractivity contribution < 1.29 is 4.52 Å². The first-order valence-corrected chi connectivity index (χ1v) is 6.95. The average molecular weight is 274 g/mol. The minimum atomic E-state index is 0.204. The summed E-state index contributed by atoms with van der Waals surface area (Å²) in [7, 11) is 0. The highest BCUT2D eigenvalue weighted by Gasteiger charge is 2.19. The van der Waals surface area contributed by atoms with Crippen molar-refractivity contribution in [3.63, 3.8) is 0 Å². The third kappa shape index (κ3) is 3.63. The maximum atomic E-state index is 5.62. The van der Waals surface area contributed by atoms with Gasteiger partial charge in [0.25, 0.3) is 0 Å². The van der Waals surface area contributed by atoms with Gasteiger partial charge in [-0.3, -0.25) is 4.98 Å². The van der Waals surface area contributed by atoms with Gasteiger partial charge < -0.3 is 10.3 Å². The van der Waals surface area contributed by atoms with Gasteiger partial charge in [-0.2, -0.15) is 4.98 Å². The number of hydrogen-bond acceptors (Lipinski definition) is 5. The second-order valence-corrected chi connectivity index (χ2v) is 5.91. The van der Waals surface area contributed by atoms with Crippen molar-refractivity contribution in [3.8, 4) is 11.4 Å². The molecule has 0 radical (unpaired) electrons. The predicted molar refractivity (Wildman–Crippen MR) is 78.0 cm³/mol. The standard InChI is InChI=1S/C15H22N4O/c1-11-10-17-9-5-12(11)14-18-13(20-19-14)4-6-15(2,3)7-8-16/h5,9-10H,4,6-8,16H2,1-3H3. The molecule has 5 nitrogen and oxygen atoms in total. The topological polar surface area (TPSA) is 77.8 Å². The summed E-state index contributed by atoms with van der Waals surface area (Å²) in [5.41, 5.74) is 7.84. The molecule has 0 unspecified atom stereocenters. The van der Waals surface area contributed by atoms with E-state index in [0.717, 1.165) is 30.4 Å². The summed E-state index contributed by atoms with van der Waals surface area (Å²) in [6, 6.07) is 1.91. The maximum Gasteiger partial charge on any atom is 0.226 e. The summed E-state index contributed by atoms with van der Waals surface area (Å²) in [6.45, 7) is 7.12. The third-order valence-corrected chi connectivity index (χ3v) is 3.57. The Morgan fingerprint density at radius 1 is 1.30 bits per heavy atom. The molecule has 0 atom stereocenters. The van der Waals surface area contributed by atoms with Crippen LogP contribution in [0, 0.1) is 12.3 Å². The van der Waals surface area contributed by atoms with E-state index in [9.17, 15) is 0 Å². The molecule has 0 saturated heterocycles. The molecular formula is C15H22N4O. The fourth-order valence-corrected chi connectivity index (χ4v) is 2.15. The van der Waals surface area contributed by atoms with Crippen molar-refractivity contribution >= 4 is 0 Å². The average Bonchev–Trinajstić information content (AvgIpc) is 2.86. The normalized spacial score (nSPS) is 11.8. The minimum Gasteiger partial charge on any atom is -0.339 e. The number of nitrogens with two attached hydrogens (primary N) is 1. The highest BCUT2D eigenvalue weighted by molar-refractivity contribution is 5.57. The van der Waals surface area contributed by atoms with Gasteiger partial charge in [0, 0.05) is 24.4 Å². The van der Waals surface area contributed by atoms with Crippen LogP contribution in [0.15, 0.2) is 23.0 Å². The molecule has 5 heteroatoms. The molecule has 0 saturated carbocycles. The molecule has 108 valence electrons. The number of aryl methyl sites for hydroxylation is 2. The molecular weight excluding hydrogens is 252 g/mol. The fraction of sp³-hybridized carbons (Fsp3) is 0.533. The van der Waals surface area contributed by atoms with Gasteiger partial charge in [-0.25, -0.2) is 0 Å². The zero-order chi connectivity index (χ0) is 14.6. The highest BCUT2D eigenvalue weighted by Crippen LogP contribution is 2.26. The number of pyridine rings is 1. The predicted octanol–water partition coefficient (Wildman–Crippen LogP) is 2.75. The quantitative estimate of drug-likeness (QED) is 0.876. The molecule has 0 amide bonds. The van der Waals surface area contributed by atoms with Gasteiger partial charge in [0.1, 0.15) is 0 Å². The van der Waals surface area contributed by atoms with Gasteiger partial charge in [-0.15, -0.1) is 0 Å². The van der Waals surface area contributed by atoms with E-state index in [-0.39, 0.29) is 5.41 Å². The van der Waals surface area contributed by atoms with E-state index in [0.29, 0.717) is 18.3 Å². The van der Waals surface area contributed by atoms with Crippen LogP contribution >= 0.6 is 0 Å².